The second-order valence-electron chi connectivity index (χ2n) is 6.95. The van der Waals surface area contributed by atoms with Gasteiger partial charge in [0, 0.05) is 26.3 Å². The minimum Gasteiger partial charge on any atom is -0.372 e. The lowest BCUT2D eigenvalue weighted by Gasteiger charge is -2.36. The summed E-state index contributed by atoms with van der Waals surface area (Å²) in [4.78, 5) is 32.0. The van der Waals surface area contributed by atoms with Crippen molar-refractivity contribution in [1.29, 1.82) is 5.26 Å². The monoisotopic (exact) mass is 381 g/mol. The highest BCUT2D eigenvalue weighted by molar-refractivity contribution is 6.02. The molecule has 1 amide bonds. The molecule has 2 aromatic rings. The number of anilines is 1. The van der Waals surface area contributed by atoms with Crippen molar-refractivity contribution in [2.45, 2.75) is 33.0 Å². The third kappa shape index (κ3) is 3.62. The first kappa shape index (κ1) is 19.6. The molecule has 28 heavy (non-hydrogen) atoms. The summed E-state index contributed by atoms with van der Waals surface area (Å²) in [6.45, 7) is 6.92. The van der Waals surface area contributed by atoms with Crippen molar-refractivity contribution < 1.29 is 9.53 Å². The summed E-state index contributed by atoms with van der Waals surface area (Å²) >= 11 is 0. The van der Waals surface area contributed by atoms with Gasteiger partial charge in [0.05, 0.1) is 17.8 Å². The van der Waals surface area contributed by atoms with Crippen molar-refractivity contribution in [2.24, 2.45) is 0 Å². The van der Waals surface area contributed by atoms with E-state index in [1.807, 2.05) is 37.8 Å². The topological polar surface area (TPSA) is 99.7 Å². The SMILES string of the molecule is CNC(=O)/C(C#N)=C/c1c(N2C[C@@H](C)O[C@@H](C)C2)nc2c(C)cccn2c1=O. The van der Waals surface area contributed by atoms with Crippen LogP contribution in [-0.4, -0.2) is 47.6 Å². The van der Waals surface area contributed by atoms with Crippen LogP contribution < -0.4 is 15.8 Å². The van der Waals surface area contributed by atoms with Gasteiger partial charge in [-0.15, -0.1) is 0 Å². The Bertz CT molecular complexity index is 1040. The molecule has 1 aliphatic rings. The first-order valence-electron chi connectivity index (χ1n) is 9.12. The molecule has 1 fully saturated rings. The van der Waals surface area contributed by atoms with E-state index in [2.05, 4.69) is 5.32 Å². The number of rotatable bonds is 3. The van der Waals surface area contributed by atoms with E-state index in [1.54, 1.807) is 12.3 Å². The summed E-state index contributed by atoms with van der Waals surface area (Å²) < 4.78 is 7.23. The molecular formula is C20H23N5O3. The molecule has 0 radical (unpaired) electrons. The van der Waals surface area contributed by atoms with Crippen LogP contribution in [0.25, 0.3) is 11.7 Å². The number of fused-ring (bicyclic) bond motifs is 1. The molecule has 0 spiro atoms. The Balaban J connectivity index is 2.30. The van der Waals surface area contributed by atoms with Crippen LogP contribution in [0.5, 0.6) is 0 Å². The number of likely N-dealkylation sites (N-methyl/N-ethyl adjacent to an activating group) is 1. The molecule has 1 saturated heterocycles. The van der Waals surface area contributed by atoms with Gasteiger partial charge in [-0.3, -0.25) is 14.0 Å². The second-order valence-corrected chi connectivity index (χ2v) is 6.95. The number of ether oxygens (including phenoxy) is 1. The highest BCUT2D eigenvalue weighted by Crippen LogP contribution is 2.24. The maximum atomic E-state index is 13.2. The lowest BCUT2D eigenvalue weighted by atomic mass is 10.1. The van der Waals surface area contributed by atoms with Gasteiger partial charge in [-0.25, -0.2) is 4.98 Å². The molecule has 0 saturated carbocycles. The Hall–Kier alpha value is -3.18. The number of aryl methyl sites for hydroxylation is 1. The Kier molecular flexibility index (Phi) is 5.47. The van der Waals surface area contributed by atoms with Crippen molar-refractivity contribution in [1.82, 2.24) is 14.7 Å². The molecule has 0 unspecified atom stereocenters. The Labute approximate surface area is 163 Å². The highest BCUT2D eigenvalue weighted by Gasteiger charge is 2.27. The van der Waals surface area contributed by atoms with Gasteiger partial charge in [0.1, 0.15) is 23.1 Å². The minimum atomic E-state index is -0.550. The first-order chi connectivity index (χ1) is 13.3. The van der Waals surface area contributed by atoms with Crippen molar-refractivity contribution in [3.05, 3.63) is 45.4 Å². The third-order valence-electron chi connectivity index (χ3n) is 4.66. The highest BCUT2D eigenvalue weighted by atomic mass is 16.5. The molecule has 1 aliphatic heterocycles. The number of pyridine rings is 1. The number of amides is 1. The number of hydrogen-bond donors (Lipinski definition) is 1. The number of aromatic nitrogens is 2. The van der Waals surface area contributed by atoms with E-state index in [1.165, 1.54) is 17.5 Å². The molecule has 0 aromatic carbocycles. The number of hydrogen-bond acceptors (Lipinski definition) is 6. The fraction of sp³-hybridized carbons (Fsp3) is 0.400. The van der Waals surface area contributed by atoms with E-state index >= 15 is 0 Å². The maximum Gasteiger partial charge on any atom is 0.267 e. The van der Waals surface area contributed by atoms with Crippen LogP contribution in [0.4, 0.5) is 5.82 Å². The number of nitriles is 1. The average molecular weight is 381 g/mol. The summed E-state index contributed by atoms with van der Waals surface area (Å²) in [5.74, 6) is -0.0937. The number of carbonyl (C=O) groups is 1. The number of morpholine rings is 1. The number of nitrogens with zero attached hydrogens (tertiary/aromatic N) is 4. The summed E-state index contributed by atoms with van der Waals surface area (Å²) in [6.07, 6.45) is 2.89. The molecular weight excluding hydrogens is 358 g/mol. The van der Waals surface area contributed by atoms with Crippen molar-refractivity contribution >= 4 is 23.4 Å². The molecule has 0 bridgehead atoms. The predicted octanol–water partition coefficient (Wildman–Crippen LogP) is 1.27. The van der Waals surface area contributed by atoms with E-state index in [0.717, 1.165) is 5.56 Å². The molecule has 3 heterocycles. The van der Waals surface area contributed by atoms with Crippen LogP contribution in [0, 0.1) is 18.3 Å². The normalized spacial score (nSPS) is 20.1. The fourth-order valence-electron chi connectivity index (χ4n) is 3.45. The lowest BCUT2D eigenvalue weighted by Crippen LogP contribution is -2.46. The molecule has 8 heteroatoms. The van der Waals surface area contributed by atoms with Gasteiger partial charge >= 0.3 is 0 Å². The largest absolute Gasteiger partial charge is 0.372 e. The number of nitrogens with one attached hydrogen (secondary N) is 1. The van der Waals surface area contributed by atoms with E-state index in [0.29, 0.717) is 24.6 Å². The van der Waals surface area contributed by atoms with Crippen molar-refractivity contribution in [3.8, 4) is 6.07 Å². The van der Waals surface area contributed by atoms with Gasteiger partial charge < -0.3 is 15.0 Å². The predicted molar refractivity (Wildman–Crippen MR) is 106 cm³/mol. The second kappa shape index (κ2) is 7.82. The molecule has 8 nitrogen and oxygen atoms in total. The number of carbonyl (C=O) groups excluding carboxylic acids is 1. The van der Waals surface area contributed by atoms with Gasteiger partial charge in [0.15, 0.2) is 0 Å². The zero-order valence-electron chi connectivity index (χ0n) is 16.4. The van der Waals surface area contributed by atoms with E-state index in [9.17, 15) is 14.9 Å². The van der Waals surface area contributed by atoms with Crippen LogP contribution in [0.2, 0.25) is 0 Å². The van der Waals surface area contributed by atoms with E-state index in [4.69, 9.17) is 9.72 Å². The Morgan fingerprint density at radius 1 is 1.39 bits per heavy atom. The van der Waals surface area contributed by atoms with Gasteiger partial charge in [0.25, 0.3) is 11.5 Å². The summed E-state index contributed by atoms with van der Waals surface area (Å²) in [5, 5.41) is 11.8. The lowest BCUT2D eigenvalue weighted by molar-refractivity contribution is -0.116. The van der Waals surface area contributed by atoms with Crippen LogP contribution >= 0.6 is 0 Å². The smallest absolute Gasteiger partial charge is 0.267 e. The van der Waals surface area contributed by atoms with Crippen LogP contribution in [0.15, 0.2) is 28.7 Å². The van der Waals surface area contributed by atoms with Crippen LogP contribution in [-0.2, 0) is 9.53 Å². The first-order valence-corrected chi connectivity index (χ1v) is 9.12. The Morgan fingerprint density at radius 2 is 2.07 bits per heavy atom. The summed E-state index contributed by atoms with van der Waals surface area (Å²) in [5.41, 5.74) is 1.14. The van der Waals surface area contributed by atoms with Gasteiger partial charge in [0.2, 0.25) is 0 Å². The standard InChI is InChI=1S/C20H23N5O3/c1-12-6-5-7-25-17(12)23-18(24-10-13(2)28-14(3)11-24)16(20(25)27)8-15(9-21)19(26)22-4/h5-8,13-14H,10-11H2,1-4H3,(H,22,26)/b15-8+/t13-,14+. The zero-order chi connectivity index (χ0) is 20.4. The molecule has 3 rings (SSSR count). The third-order valence-corrected chi connectivity index (χ3v) is 4.66. The Morgan fingerprint density at radius 3 is 2.68 bits per heavy atom. The van der Waals surface area contributed by atoms with E-state index < -0.39 is 5.91 Å². The van der Waals surface area contributed by atoms with Crippen LogP contribution in [0.3, 0.4) is 0 Å². The average Bonchev–Trinajstić information content (AvgIpc) is 2.66. The molecule has 0 aliphatic carbocycles. The van der Waals surface area contributed by atoms with Crippen molar-refractivity contribution in [2.75, 3.05) is 25.0 Å². The van der Waals surface area contributed by atoms with Gasteiger partial charge in [-0.1, -0.05) is 6.07 Å². The minimum absolute atomic E-state index is 0.0351. The molecule has 1 N–H and O–H groups in total. The van der Waals surface area contributed by atoms with Gasteiger partial charge in [-0.05, 0) is 38.5 Å². The van der Waals surface area contributed by atoms with Crippen molar-refractivity contribution in [3.63, 3.8) is 0 Å². The van der Waals surface area contributed by atoms with E-state index in [-0.39, 0.29) is 28.9 Å². The molecule has 146 valence electrons. The molecule has 2 atom stereocenters. The maximum absolute atomic E-state index is 13.2. The van der Waals surface area contributed by atoms with Crippen LogP contribution in [0.1, 0.15) is 25.0 Å². The van der Waals surface area contributed by atoms with Gasteiger partial charge in [-0.2, -0.15) is 5.26 Å². The zero-order valence-corrected chi connectivity index (χ0v) is 16.4. The summed E-state index contributed by atoms with van der Waals surface area (Å²) in [7, 11) is 1.44. The fourth-order valence-corrected chi connectivity index (χ4v) is 3.45. The quantitative estimate of drug-likeness (QED) is 0.635. The summed E-state index contributed by atoms with van der Waals surface area (Å²) in [6, 6.07) is 5.52. The molecule has 2 aromatic heterocycles.